The third-order valence-corrected chi connectivity index (χ3v) is 3.71. The standard InChI is InChI=1S/C18H19F2NO3.CH4.H2S/c19-13-18(10-11-22,15-8-4-5-9-16(15)20)21-17(23)24-12-14-6-2-1-3-7-14;;/h1-9,22H,10-13H2,(H,21,23);1H4;1H2/t18-;;/m1../s1. The molecule has 0 radical (unpaired) electrons. The van der Waals surface area contributed by atoms with Crippen molar-refractivity contribution in [1.82, 2.24) is 5.32 Å². The molecule has 2 rings (SSSR count). The van der Waals surface area contributed by atoms with Crippen molar-refractivity contribution < 1.29 is 23.4 Å². The molecule has 26 heavy (non-hydrogen) atoms. The molecule has 0 saturated carbocycles. The first-order valence-electron chi connectivity index (χ1n) is 7.52. The SMILES string of the molecule is C.O=C(N[C@@](CF)(CCO)c1ccccc1F)OCc1ccccc1.S. The number of aliphatic hydroxyl groups is 1. The maximum atomic E-state index is 14.1. The Bertz CT molecular complexity index is 673. The molecule has 0 saturated heterocycles. The van der Waals surface area contributed by atoms with Gasteiger partial charge < -0.3 is 15.2 Å². The van der Waals surface area contributed by atoms with Crippen LogP contribution in [0.3, 0.4) is 0 Å². The molecule has 0 aromatic heterocycles. The van der Waals surface area contributed by atoms with E-state index in [2.05, 4.69) is 5.32 Å². The lowest BCUT2D eigenvalue weighted by molar-refractivity contribution is 0.109. The molecule has 0 spiro atoms. The number of alkyl carbamates (subject to hydrolysis) is 1. The summed E-state index contributed by atoms with van der Waals surface area (Å²) < 4.78 is 32.9. The molecule has 7 heteroatoms. The van der Waals surface area contributed by atoms with E-state index in [1.807, 2.05) is 6.07 Å². The zero-order valence-electron chi connectivity index (χ0n) is 13.5. The molecule has 1 amide bonds. The number of ether oxygens (including phenoxy) is 1. The molecule has 144 valence electrons. The van der Waals surface area contributed by atoms with Crippen molar-refractivity contribution in [1.29, 1.82) is 0 Å². The normalized spacial score (nSPS) is 12.1. The highest BCUT2D eigenvalue weighted by Crippen LogP contribution is 2.28. The first-order chi connectivity index (χ1) is 11.6. The molecular formula is C19H25F2NO3S. The zero-order valence-corrected chi connectivity index (χ0v) is 14.5. The summed E-state index contributed by atoms with van der Waals surface area (Å²) in [5, 5.41) is 11.6. The van der Waals surface area contributed by atoms with E-state index in [9.17, 15) is 18.7 Å². The number of carbonyl (C=O) groups is 1. The van der Waals surface area contributed by atoms with Crippen LogP contribution in [0.25, 0.3) is 0 Å². The highest BCUT2D eigenvalue weighted by atomic mass is 32.1. The minimum absolute atomic E-state index is 0. The maximum Gasteiger partial charge on any atom is 0.408 e. The van der Waals surface area contributed by atoms with Gasteiger partial charge in [0.25, 0.3) is 0 Å². The van der Waals surface area contributed by atoms with E-state index < -0.39 is 30.7 Å². The molecule has 0 bridgehead atoms. The summed E-state index contributed by atoms with van der Waals surface area (Å²) in [7, 11) is 0. The average molecular weight is 385 g/mol. The number of nitrogens with one attached hydrogen (secondary N) is 1. The van der Waals surface area contributed by atoms with Crippen molar-refractivity contribution in [2.75, 3.05) is 13.3 Å². The number of hydrogen-bond donors (Lipinski definition) is 2. The summed E-state index contributed by atoms with van der Waals surface area (Å²) in [6, 6.07) is 14.5. The molecule has 2 aromatic rings. The van der Waals surface area contributed by atoms with Gasteiger partial charge in [-0.1, -0.05) is 56.0 Å². The van der Waals surface area contributed by atoms with Crippen LogP contribution in [-0.4, -0.2) is 24.5 Å². The Balaban J connectivity index is 0.00000312. The van der Waals surface area contributed by atoms with E-state index in [-0.39, 0.29) is 39.5 Å². The van der Waals surface area contributed by atoms with Crippen LogP contribution in [0.2, 0.25) is 0 Å². The number of halogens is 2. The number of alkyl halides is 1. The lowest BCUT2D eigenvalue weighted by Gasteiger charge is -2.32. The average Bonchev–Trinajstić information content (AvgIpc) is 2.61. The zero-order chi connectivity index (χ0) is 17.4. The quantitative estimate of drug-likeness (QED) is 0.756. The Hall–Kier alpha value is -2.12. The monoisotopic (exact) mass is 385 g/mol. The number of carbonyl (C=O) groups excluding carboxylic acids is 1. The van der Waals surface area contributed by atoms with Crippen molar-refractivity contribution in [3.05, 3.63) is 71.5 Å². The number of benzene rings is 2. The van der Waals surface area contributed by atoms with Crippen LogP contribution in [0.5, 0.6) is 0 Å². The predicted molar refractivity (Wildman–Crippen MR) is 103 cm³/mol. The molecule has 2 aromatic carbocycles. The fraction of sp³-hybridized carbons (Fsp3) is 0.316. The number of amides is 1. The van der Waals surface area contributed by atoms with Crippen LogP contribution in [0.1, 0.15) is 25.0 Å². The van der Waals surface area contributed by atoms with Crippen molar-refractivity contribution >= 4 is 19.6 Å². The molecule has 0 heterocycles. The van der Waals surface area contributed by atoms with Crippen LogP contribution in [0, 0.1) is 5.82 Å². The van der Waals surface area contributed by atoms with E-state index in [4.69, 9.17) is 4.74 Å². The minimum Gasteiger partial charge on any atom is -0.445 e. The Morgan fingerprint density at radius 3 is 2.31 bits per heavy atom. The third-order valence-electron chi connectivity index (χ3n) is 3.71. The summed E-state index contributed by atoms with van der Waals surface area (Å²) in [5.74, 6) is -0.660. The topological polar surface area (TPSA) is 58.6 Å². The van der Waals surface area contributed by atoms with E-state index in [1.54, 1.807) is 24.3 Å². The van der Waals surface area contributed by atoms with E-state index >= 15 is 0 Å². The van der Waals surface area contributed by atoms with Gasteiger partial charge >= 0.3 is 6.09 Å². The van der Waals surface area contributed by atoms with Crippen LogP contribution in [-0.2, 0) is 16.9 Å². The molecule has 2 N–H and O–H groups in total. The Labute approximate surface area is 159 Å². The second-order valence-corrected chi connectivity index (χ2v) is 5.36. The van der Waals surface area contributed by atoms with Crippen molar-refractivity contribution in [3.8, 4) is 0 Å². The second kappa shape index (κ2) is 11.5. The molecule has 0 unspecified atom stereocenters. The lowest BCUT2D eigenvalue weighted by atomic mass is 9.87. The summed E-state index contributed by atoms with van der Waals surface area (Å²) in [6.45, 7) is -1.49. The Kier molecular flexibility index (Phi) is 10.6. The van der Waals surface area contributed by atoms with Crippen LogP contribution in [0.4, 0.5) is 13.6 Å². The van der Waals surface area contributed by atoms with Gasteiger partial charge in [-0.3, -0.25) is 0 Å². The minimum atomic E-state index is -1.67. The summed E-state index contributed by atoms with van der Waals surface area (Å²) in [5.41, 5.74) is -0.932. The number of aliphatic hydroxyl groups excluding tert-OH is 1. The van der Waals surface area contributed by atoms with Gasteiger partial charge in [-0.25, -0.2) is 13.6 Å². The lowest BCUT2D eigenvalue weighted by Crippen LogP contribution is -2.49. The summed E-state index contributed by atoms with van der Waals surface area (Å²) in [6.07, 6.45) is -1.06. The molecule has 0 aliphatic heterocycles. The van der Waals surface area contributed by atoms with Crippen LogP contribution >= 0.6 is 13.5 Å². The van der Waals surface area contributed by atoms with Gasteiger partial charge in [-0.2, -0.15) is 13.5 Å². The van der Waals surface area contributed by atoms with Crippen LogP contribution in [0.15, 0.2) is 54.6 Å². The fourth-order valence-corrected chi connectivity index (χ4v) is 2.43. The van der Waals surface area contributed by atoms with Gasteiger partial charge in [-0.15, -0.1) is 0 Å². The van der Waals surface area contributed by atoms with Gasteiger partial charge in [0.1, 0.15) is 24.6 Å². The first kappa shape index (κ1) is 23.9. The molecule has 1 atom stereocenters. The summed E-state index contributed by atoms with van der Waals surface area (Å²) in [4.78, 5) is 12.0. The smallest absolute Gasteiger partial charge is 0.408 e. The van der Waals surface area contributed by atoms with Gasteiger partial charge in [-0.05, 0) is 11.6 Å². The van der Waals surface area contributed by atoms with E-state index in [1.165, 1.54) is 24.3 Å². The van der Waals surface area contributed by atoms with E-state index in [0.717, 1.165) is 5.56 Å². The highest BCUT2D eigenvalue weighted by Gasteiger charge is 2.36. The molecule has 0 aliphatic carbocycles. The largest absolute Gasteiger partial charge is 0.445 e. The number of rotatable bonds is 7. The predicted octanol–water partition coefficient (Wildman–Crippen LogP) is 4.05. The Morgan fingerprint density at radius 1 is 1.12 bits per heavy atom. The highest BCUT2D eigenvalue weighted by molar-refractivity contribution is 7.59. The van der Waals surface area contributed by atoms with Gasteiger partial charge in [0, 0.05) is 18.6 Å². The molecule has 0 fully saturated rings. The maximum absolute atomic E-state index is 14.1. The molecule has 4 nitrogen and oxygen atoms in total. The third kappa shape index (κ3) is 6.00. The van der Waals surface area contributed by atoms with Crippen molar-refractivity contribution in [2.45, 2.75) is 26.0 Å². The summed E-state index contributed by atoms with van der Waals surface area (Å²) >= 11 is 0. The van der Waals surface area contributed by atoms with Crippen molar-refractivity contribution in [3.63, 3.8) is 0 Å². The van der Waals surface area contributed by atoms with Gasteiger partial charge in [0.15, 0.2) is 0 Å². The van der Waals surface area contributed by atoms with E-state index in [0.29, 0.717) is 0 Å². The first-order valence-corrected chi connectivity index (χ1v) is 7.52. The van der Waals surface area contributed by atoms with Crippen LogP contribution < -0.4 is 5.32 Å². The molecule has 0 aliphatic rings. The Morgan fingerprint density at radius 2 is 1.73 bits per heavy atom. The van der Waals surface area contributed by atoms with Gasteiger partial charge in [0.2, 0.25) is 0 Å². The van der Waals surface area contributed by atoms with Gasteiger partial charge in [0.05, 0.1) is 0 Å². The molecular weight excluding hydrogens is 360 g/mol. The fourth-order valence-electron chi connectivity index (χ4n) is 2.43. The number of hydrogen-bond acceptors (Lipinski definition) is 3. The second-order valence-electron chi connectivity index (χ2n) is 5.36. The van der Waals surface area contributed by atoms with Crippen molar-refractivity contribution in [2.24, 2.45) is 0 Å².